The standard InChI is InChI=1S/C9H12FNO2/c1-5-2-6(7(11)4-12)3-8(13)9(5)10/h2-3,7,12-13H,4,11H2,1H3. The van der Waals surface area contributed by atoms with Crippen LogP contribution in [0.15, 0.2) is 12.1 Å². The smallest absolute Gasteiger partial charge is 0.167 e. The monoisotopic (exact) mass is 185 g/mol. The largest absolute Gasteiger partial charge is 0.505 e. The van der Waals surface area contributed by atoms with Gasteiger partial charge in [0.15, 0.2) is 11.6 Å². The minimum absolute atomic E-state index is 0.232. The molecule has 0 aliphatic rings. The fraction of sp³-hybridized carbons (Fsp3) is 0.333. The molecule has 0 aliphatic carbocycles. The van der Waals surface area contributed by atoms with Crippen LogP contribution in [-0.4, -0.2) is 16.8 Å². The van der Waals surface area contributed by atoms with Crippen LogP contribution in [0.4, 0.5) is 4.39 Å². The van der Waals surface area contributed by atoms with Gasteiger partial charge in [-0.3, -0.25) is 0 Å². The molecule has 0 fully saturated rings. The average molecular weight is 185 g/mol. The molecule has 13 heavy (non-hydrogen) atoms. The highest BCUT2D eigenvalue weighted by molar-refractivity contribution is 5.36. The summed E-state index contributed by atoms with van der Waals surface area (Å²) >= 11 is 0. The Hall–Kier alpha value is -1.13. The summed E-state index contributed by atoms with van der Waals surface area (Å²) in [5, 5.41) is 17.9. The van der Waals surface area contributed by atoms with Crippen LogP contribution in [0, 0.1) is 12.7 Å². The number of benzene rings is 1. The normalized spacial score (nSPS) is 12.9. The molecule has 1 aromatic rings. The molecule has 0 amide bonds. The molecule has 1 rings (SSSR count). The summed E-state index contributed by atoms with van der Waals surface area (Å²) in [5.41, 5.74) is 6.34. The lowest BCUT2D eigenvalue weighted by Gasteiger charge is -2.10. The number of phenolic OH excluding ortho intramolecular Hbond substituents is 1. The number of phenols is 1. The van der Waals surface area contributed by atoms with Gasteiger partial charge in [0.25, 0.3) is 0 Å². The summed E-state index contributed by atoms with van der Waals surface area (Å²) in [6.07, 6.45) is 0. The highest BCUT2D eigenvalue weighted by atomic mass is 19.1. The van der Waals surface area contributed by atoms with E-state index in [1.54, 1.807) is 0 Å². The highest BCUT2D eigenvalue weighted by Gasteiger charge is 2.10. The summed E-state index contributed by atoms with van der Waals surface area (Å²) < 4.78 is 12.9. The van der Waals surface area contributed by atoms with E-state index in [9.17, 15) is 4.39 Å². The van der Waals surface area contributed by atoms with Crippen molar-refractivity contribution >= 4 is 0 Å². The lowest BCUT2D eigenvalue weighted by atomic mass is 10.0. The first kappa shape index (κ1) is 9.95. The first-order valence-electron chi connectivity index (χ1n) is 3.91. The van der Waals surface area contributed by atoms with Gasteiger partial charge in [0, 0.05) is 0 Å². The topological polar surface area (TPSA) is 66.5 Å². The molecule has 3 nitrogen and oxygen atoms in total. The zero-order chi connectivity index (χ0) is 10.0. The molecule has 0 radical (unpaired) electrons. The number of halogens is 1. The highest BCUT2D eigenvalue weighted by Crippen LogP contribution is 2.23. The Morgan fingerprint density at radius 2 is 2.15 bits per heavy atom. The second-order valence-electron chi connectivity index (χ2n) is 2.96. The summed E-state index contributed by atoms with van der Waals surface area (Å²) in [7, 11) is 0. The number of aliphatic hydroxyl groups is 1. The Kier molecular flexibility index (Phi) is 2.85. The summed E-state index contributed by atoms with van der Waals surface area (Å²) in [6.45, 7) is 1.30. The van der Waals surface area contributed by atoms with Crippen molar-refractivity contribution in [1.82, 2.24) is 0 Å². The quantitative estimate of drug-likeness (QED) is 0.639. The van der Waals surface area contributed by atoms with Gasteiger partial charge in [0.2, 0.25) is 0 Å². The maximum atomic E-state index is 12.9. The van der Waals surface area contributed by atoms with Crippen molar-refractivity contribution in [1.29, 1.82) is 0 Å². The number of hydrogen-bond acceptors (Lipinski definition) is 3. The van der Waals surface area contributed by atoms with Crippen LogP contribution >= 0.6 is 0 Å². The number of nitrogens with two attached hydrogens (primary N) is 1. The number of aromatic hydroxyl groups is 1. The van der Waals surface area contributed by atoms with Crippen molar-refractivity contribution in [3.05, 3.63) is 29.1 Å². The third-order valence-electron chi connectivity index (χ3n) is 1.88. The molecule has 1 aromatic carbocycles. The van der Waals surface area contributed by atoms with Gasteiger partial charge in [-0.1, -0.05) is 6.07 Å². The molecule has 72 valence electrons. The van der Waals surface area contributed by atoms with Crippen LogP contribution < -0.4 is 5.73 Å². The minimum Gasteiger partial charge on any atom is -0.505 e. The second-order valence-corrected chi connectivity index (χ2v) is 2.96. The predicted molar refractivity (Wildman–Crippen MR) is 46.8 cm³/mol. The fourth-order valence-electron chi connectivity index (χ4n) is 1.10. The van der Waals surface area contributed by atoms with E-state index >= 15 is 0 Å². The van der Waals surface area contributed by atoms with Gasteiger partial charge in [0.05, 0.1) is 12.6 Å². The molecule has 0 saturated heterocycles. The van der Waals surface area contributed by atoms with E-state index in [1.165, 1.54) is 19.1 Å². The minimum atomic E-state index is -0.645. The van der Waals surface area contributed by atoms with Crippen LogP contribution in [0.2, 0.25) is 0 Å². The van der Waals surface area contributed by atoms with Gasteiger partial charge in [0.1, 0.15) is 0 Å². The Balaban J connectivity index is 3.13. The van der Waals surface area contributed by atoms with E-state index in [2.05, 4.69) is 0 Å². The van der Waals surface area contributed by atoms with Gasteiger partial charge in [-0.15, -0.1) is 0 Å². The Bertz CT molecular complexity index is 291. The summed E-state index contributed by atoms with van der Waals surface area (Å²) in [5.74, 6) is -1.08. The zero-order valence-electron chi connectivity index (χ0n) is 7.29. The molecule has 4 N–H and O–H groups in total. The van der Waals surface area contributed by atoms with Gasteiger partial charge in [-0.05, 0) is 24.1 Å². The van der Waals surface area contributed by atoms with E-state index < -0.39 is 17.6 Å². The van der Waals surface area contributed by atoms with Gasteiger partial charge >= 0.3 is 0 Å². The second kappa shape index (κ2) is 3.72. The number of aryl methyl sites for hydroxylation is 1. The fourth-order valence-corrected chi connectivity index (χ4v) is 1.10. The van der Waals surface area contributed by atoms with Gasteiger partial charge in [-0.2, -0.15) is 0 Å². The Morgan fingerprint density at radius 1 is 1.54 bits per heavy atom. The van der Waals surface area contributed by atoms with E-state index in [1.807, 2.05) is 0 Å². The lowest BCUT2D eigenvalue weighted by molar-refractivity contribution is 0.267. The predicted octanol–water partition coefficient (Wildman–Crippen LogP) is 0.832. The summed E-state index contributed by atoms with van der Waals surface area (Å²) in [6, 6.07) is 2.16. The van der Waals surface area contributed by atoms with Crippen LogP contribution in [0.1, 0.15) is 17.2 Å². The van der Waals surface area contributed by atoms with E-state index in [0.717, 1.165) is 0 Å². The molecule has 0 saturated carbocycles. The lowest BCUT2D eigenvalue weighted by Crippen LogP contribution is -2.14. The van der Waals surface area contributed by atoms with Crippen LogP contribution in [0.3, 0.4) is 0 Å². The molecule has 0 spiro atoms. The SMILES string of the molecule is Cc1cc(C(N)CO)cc(O)c1F. The number of rotatable bonds is 2. The van der Waals surface area contributed by atoms with Crippen LogP contribution in [0.25, 0.3) is 0 Å². The van der Waals surface area contributed by atoms with E-state index in [4.69, 9.17) is 15.9 Å². The van der Waals surface area contributed by atoms with Crippen LogP contribution in [0.5, 0.6) is 5.75 Å². The third kappa shape index (κ3) is 1.96. The van der Waals surface area contributed by atoms with Gasteiger partial charge in [-0.25, -0.2) is 4.39 Å². The van der Waals surface area contributed by atoms with Gasteiger partial charge < -0.3 is 15.9 Å². The molecule has 0 aromatic heterocycles. The van der Waals surface area contributed by atoms with Crippen molar-refractivity contribution in [2.24, 2.45) is 5.73 Å². The van der Waals surface area contributed by atoms with Crippen molar-refractivity contribution < 1.29 is 14.6 Å². The average Bonchev–Trinajstić information content (AvgIpc) is 2.12. The molecule has 4 heteroatoms. The maximum absolute atomic E-state index is 12.9. The van der Waals surface area contributed by atoms with Crippen LogP contribution in [-0.2, 0) is 0 Å². The molecular formula is C9H12FNO2. The maximum Gasteiger partial charge on any atom is 0.167 e. The van der Waals surface area contributed by atoms with E-state index in [0.29, 0.717) is 11.1 Å². The van der Waals surface area contributed by atoms with Crippen molar-refractivity contribution in [3.63, 3.8) is 0 Å². The zero-order valence-corrected chi connectivity index (χ0v) is 7.29. The molecule has 1 atom stereocenters. The first-order valence-corrected chi connectivity index (χ1v) is 3.91. The van der Waals surface area contributed by atoms with Crippen molar-refractivity contribution in [3.8, 4) is 5.75 Å². The first-order chi connectivity index (χ1) is 6.06. The molecular weight excluding hydrogens is 173 g/mol. The number of aliphatic hydroxyl groups excluding tert-OH is 1. The summed E-state index contributed by atoms with van der Waals surface area (Å²) in [4.78, 5) is 0. The Labute approximate surface area is 75.6 Å². The van der Waals surface area contributed by atoms with Crippen molar-refractivity contribution in [2.75, 3.05) is 6.61 Å². The molecule has 0 bridgehead atoms. The molecule has 0 aliphatic heterocycles. The number of hydrogen-bond donors (Lipinski definition) is 3. The molecule has 1 unspecified atom stereocenters. The van der Waals surface area contributed by atoms with E-state index in [-0.39, 0.29) is 6.61 Å². The van der Waals surface area contributed by atoms with Crippen molar-refractivity contribution in [2.45, 2.75) is 13.0 Å². The molecule has 0 heterocycles. The Morgan fingerprint density at radius 3 is 2.62 bits per heavy atom. The third-order valence-corrected chi connectivity index (χ3v) is 1.88.